The molecule has 0 aliphatic rings. The van der Waals surface area contributed by atoms with Crippen LogP contribution in [0.3, 0.4) is 0 Å². The van der Waals surface area contributed by atoms with E-state index in [0.29, 0.717) is 21.7 Å². The van der Waals surface area contributed by atoms with Crippen LogP contribution in [0.5, 0.6) is 11.6 Å². The van der Waals surface area contributed by atoms with E-state index >= 15 is 0 Å². The monoisotopic (exact) mass is 269 g/mol. The maximum atomic E-state index is 6.00. The SMILES string of the molecule is Cc1cnc(N)nc1Oc1cccc(Cl)c1Cl. The summed E-state index contributed by atoms with van der Waals surface area (Å²) in [5.74, 6) is 0.936. The Kier molecular flexibility index (Phi) is 3.36. The Balaban J connectivity index is 2.38. The highest BCUT2D eigenvalue weighted by Crippen LogP contribution is 2.34. The molecule has 2 aromatic rings. The minimum absolute atomic E-state index is 0.142. The summed E-state index contributed by atoms with van der Waals surface area (Å²) in [5.41, 5.74) is 6.25. The van der Waals surface area contributed by atoms with Crippen LogP contribution in [0.15, 0.2) is 24.4 Å². The minimum Gasteiger partial charge on any atom is -0.437 e. The molecule has 0 saturated carbocycles. The van der Waals surface area contributed by atoms with Crippen molar-refractivity contribution < 1.29 is 4.74 Å². The van der Waals surface area contributed by atoms with E-state index in [4.69, 9.17) is 33.7 Å². The van der Waals surface area contributed by atoms with Crippen molar-refractivity contribution in [2.45, 2.75) is 6.92 Å². The zero-order chi connectivity index (χ0) is 12.4. The number of nitrogens with zero attached hydrogens (tertiary/aromatic N) is 2. The Hall–Kier alpha value is -1.52. The summed E-state index contributed by atoms with van der Waals surface area (Å²) in [6, 6.07) is 5.12. The molecule has 1 aromatic carbocycles. The number of hydrogen-bond acceptors (Lipinski definition) is 4. The molecule has 4 nitrogen and oxygen atoms in total. The van der Waals surface area contributed by atoms with Crippen molar-refractivity contribution in [3.05, 3.63) is 40.0 Å². The van der Waals surface area contributed by atoms with E-state index in [1.807, 2.05) is 6.92 Å². The number of nitrogens with two attached hydrogens (primary N) is 1. The van der Waals surface area contributed by atoms with E-state index in [2.05, 4.69) is 9.97 Å². The van der Waals surface area contributed by atoms with E-state index in [0.717, 1.165) is 5.56 Å². The van der Waals surface area contributed by atoms with Gasteiger partial charge in [0, 0.05) is 11.8 Å². The van der Waals surface area contributed by atoms with Crippen LogP contribution < -0.4 is 10.5 Å². The van der Waals surface area contributed by atoms with Gasteiger partial charge in [-0.15, -0.1) is 0 Å². The number of benzene rings is 1. The number of halogens is 2. The Morgan fingerprint density at radius 2 is 2.06 bits per heavy atom. The second kappa shape index (κ2) is 4.77. The maximum Gasteiger partial charge on any atom is 0.227 e. The lowest BCUT2D eigenvalue weighted by Crippen LogP contribution is -1.99. The highest BCUT2D eigenvalue weighted by Gasteiger charge is 2.09. The highest BCUT2D eigenvalue weighted by molar-refractivity contribution is 6.42. The first-order valence-electron chi connectivity index (χ1n) is 4.79. The first kappa shape index (κ1) is 12.0. The van der Waals surface area contributed by atoms with Gasteiger partial charge in [-0.05, 0) is 19.1 Å². The van der Waals surface area contributed by atoms with Gasteiger partial charge in [-0.2, -0.15) is 4.98 Å². The van der Waals surface area contributed by atoms with Crippen molar-refractivity contribution in [1.82, 2.24) is 9.97 Å². The molecule has 0 aliphatic heterocycles. The van der Waals surface area contributed by atoms with Crippen LogP contribution in [0.1, 0.15) is 5.56 Å². The molecule has 0 aliphatic carbocycles. The molecule has 2 N–H and O–H groups in total. The van der Waals surface area contributed by atoms with E-state index < -0.39 is 0 Å². The fraction of sp³-hybridized carbons (Fsp3) is 0.0909. The van der Waals surface area contributed by atoms with Gasteiger partial charge < -0.3 is 10.5 Å². The third-order valence-corrected chi connectivity index (χ3v) is 2.87. The molecule has 0 radical (unpaired) electrons. The Morgan fingerprint density at radius 3 is 2.82 bits per heavy atom. The number of hydrogen-bond donors (Lipinski definition) is 1. The van der Waals surface area contributed by atoms with Gasteiger partial charge >= 0.3 is 0 Å². The first-order valence-corrected chi connectivity index (χ1v) is 5.54. The third-order valence-electron chi connectivity index (χ3n) is 2.07. The number of aryl methyl sites for hydroxylation is 1. The van der Waals surface area contributed by atoms with Crippen LogP contribution >= 0.6 is 23.2 Å². The van der Waals surface area contributed by atoms with E-state index in [9.17, 15) is 0 Å². The summed E-state index contributed by atoms with van der Waals surface area (Å²) in [6.07, 6.45) is 1.58. The second-order valence-corrected chi connectivity index (χ2v) is 4.16. The summed E-state index contributed by atoms with van der Waals surface area (Å²) in [6.45, 7) is 1.81. The largest absolute Gasteiger partial charge is 0.437 e. The molecule has 0 bridgehead atoms. The van der Waals surface area contributed by atoms with Gasteiger partial charge in [0.1, 0.15) is 10.8 Å². The van der Waals surface area contributed by atoms with Gasteiger partial charge in [-0.3, -0.25) is 0 Å². The van der Waals surface area contributed by atoms with E-state index in [1.165, 1.54) is 0 Å². The van der Waals surface area contributed by atoms with Crippen molar-refractivity contribution in [3.8, 4) is 11.6 Å². The van der Waals surface area contributed by atoms with E-state index in [-0.39, 0.29) is 5.95 Å². The molecule has 1 aromatic heterocycles. The van der Waals surface area contributed by atoms with Gasteiger partial charge in [0.2, 0.25) is 11.8 Å². The molecule has 0 atom stereocenters. The first-order chi connectivity index (χ1) is 8.08. The Morgan fingerprint density at radius 1 is 1.29 bits per heavy atom. The lowest BCUT2D eigenvalue weighted by Gasteiger charge is -2.09. The van der Waals surface area contributed by atoms with Gasteiger partial charge in [-0.25, -0.2) is 4.98 Å². The van der Waals surface area contributed by atoms with E-state index in [1.54, 1.807) is 24.4 Å². The van der Waals surface area contributed by atoms with Crippen molar-refractivity contribution in [3.63, 3.8) is 0 Å². The Labute approximate surface area is 108 Å². The molecule has 0 amide bonds. The average Bonchev–Trinajstić information content (AvgIpc) is 2.30. The number of aromatic nitrogens is 2. The number of anilines is 1. The van der Waals surface area contributed by atoms with Gasteiger partial charge in [0.05, 0.1) is 5.02 Å². The summed E-state index contributed by atoms with van der Waals surface area (Å²) in [4.78, 5) is 7.83. The average molecular weight is 270 g/mol. The zero-order valence-electron chi connectivity index (χ0n) is 8.95. The molecule has 88 valence electrons. The maximum absolute atomic E-state index is 6.00. The van der Waals surface area contributed by atoms with Crippen molar-refractivity contribution >= 4 is 29.2 Å². The summed E-state index contributed by atoms with van der Waals surface area (Å²) >= 11 is 11.9. The molecular formula is C11H9Cl2N3O. The van der Waals surface area contributed by atoms with Crippen LogP contribution in [0.25, 0.3) is 0 Å². The van der Waals surface area contributed by atoms with Gasteiger partial charge in [-0.1, -0.05) is 29.3 Å². The smallest absolute Gasteiger partial charge is 0.227 e. The topological polar surface area (TPSA) is 61.0 Å². The molecule has 0 fully saturated rings. The highest BCUT2D eigenvalue weighted by atomic mass is 35.5. The summed E-state index contributed by atoms with van der Waals surface area (Å²) in [5, 5.41) is 0.759. The second-order valence-electron chi connectivity index (χ2n) is 3.37. The molecule has 0 unspecified atom stereocenters. The fourth-order valence-electron chi connectivity index (χ4n) is 1.21. The summed E-state index contributed by atoms with van der Waals surface area (Å²) in [7, 11) is 0. The molecule has 2 rings (SSSR count). The predicted octanol–water partition coefficient (Wildman–Crippen LogP) is 3.47. The fourth-order valence-corrected chi connectivity index (χ4v) is 1.54. The number of ether oxygens (including phenoxy) is 1. The predicted molar refractivity (Wildman–Crippen MR) is 67.7 cm³/mol. The van der Waals surface area contributed by atoms with Gasteiger partial charge in [0.25, 0.3) is 0 Å². The molecular weight excluding hydrogens is 261 g/mol. The minimum atomic E-state index is 0.142. The van der Waals surface area contributed by atoms with Crippen molar-refractivity contribution in [1.29, 1.82) is 0 Å². The molecule has 1 heterocycles. The third kappa shape index (κ3) is 2.60. The molecule has 0 spiro atoms. The lowest BCUT2D eigenvalue weighted by atomic mass is 10.3. The van der Waals surface area contributed by atoms with Crippen LogP contribution in [0, 0.1) is 6.92 Å². The van der Waals surface area contributed by atoms with Crippen LogP contribution in [-0.4, -0.2) is 9.97 Å². The van der Waals surface area contributed by atoms with Crippen LogP contribution in [0.2, 0.25) is 10.0 Å². The molecule has 6 heteroatoms. The Bertz CT molecular complexity index is 560. The van der Waals surface area contributed by atoms with Crippen LogP contribution in [0.4, 0.5) is 5.95 Å². The quantitative estimate of drug-likeness (QED) is 0.907. The summed E-state index contributed by atoms with van der Waals surface area (Å²) < 4.78 is 5.55. The lowest BCUT2D eigenvalue weighted by molar-refractivity contribution is 0.458. The van der Waals surface area contributed by atoms with Crippen molar-refractivity contribution in [2.75, 3.05) is 5.73 Å². The van der Waals surface area contributed by atoms with Crippen LogP contribution in [-0.2, 0) is 0 Å². The standard InChI is InChI=1S/C11H9Cl2N3O/c1-6-5-15-11(14)16-10(6)17-8-4-2-3-7(12)9(8)13/h2-5H,1H3,(H2,14,15,16). The number of nitrogen functional groups attached to an aromatic ring is 1. The van der Waals surface area contributed by atoms with Gasteiger partial charge in [0.15, 0.2) is 0 Å². The number of rotatable bonds is 2. The zero-order valence-corrected chi connectivity index (χ0v) is 10.5. The van der Waals surface area contributed by atoms with Crippen molar-refractivity contribution in [2.24, 2.45) is 0 Å². The molecule has 17 heavy (non-hydrogen) atoms. The molecule has 0 saturated heterocycles. The normalized spacial score (nSPS) is 10.3.